The molecule has 0 heterocycles. The number of carbonyl (C=O) groups is 1. The number of nitrogens with one attached hydrogen (secondary N) is 1. The van der Waals surface area contributed by atoms with Crippen molar-refractivity contribution in [3.05, 3.63) is 0 Å². The molecule has 0 saturated heterocycles. The first-order valence-electron chi connectivity index (χ1n) is 6.62. The third-order valence-electron chi connectivity index (χ3n) is 3.47. The average Bonchev–Trinajstić information content (AvgIpc) is 2.35. The Hall–Kier alpha value is -0.610. The molecule has 0 radical (unpaired) electrons. The molecule has 0 aromatic heterocycles. The van der Waals surface area contributed by atoms with E-state index in [4.69, 9.17) is 4.74 Å². The van der Waals surface area contributed by atoms with Crippen molar-refractivity contribution < 1.29 is 9.53 Å². The van der Waals surface area contributed by atoms with E-state index in [1.54, 1.807) is 19.0 Å². The van der Waals surface area contributed by atoms with Crippen molar-refractivity contribution >= 4 is 5.91 Å². The van der Waals surface area contributed by atoms with Crippen LogP contribution in [0.3, 0.4) is 0 Å². The van der Waals surface area contributed by atoms with E-state index in [0.29, 0.717) is 25.2 Å². The molecule has 4 heteroatoms. The topological polar surface area (TPSA) is 41.6 Å². The van der Waals surface area contributed by atoms with E-state index in [1.807, 2.05) is 7.05 Å². The van der Waals surface area contributed by atoms with Gasteiger partial charge in [0.1, 0.15) is 0 Å². The zero-order valence-electron chi connectivity index (χ0n) is 11.4. The second-order valence-corrected chi connectivity index (χ2v) is 5.02. The van der Waals surface area contributed by atoms with Gasteiger partial charge in [-0.25, -0.2) is 0 Å². The largest absolute Gasteiger partial charge is 0.378 e. The van der Waals surface area contributed by atoms with Gasteiger partial charge in [-0.1, -0.05) is 0 Å². The molecule has 100 valence electrons. The van der Waals surface area contributed by atoms with Gasteiger partial charge in [-0.15, -0.1) is 0 Å². The molecule has 1 saturated carbocycles. The second-order valence-electron chi connectivity index (χ2n) is 5.02. The van der Waals surface area contributed by atoms with Crippen molar-refractivity contribution in [2.24, 2.45) is 0 Å². The predicted octanol–water partition coefficient (Wildman–Crippen LogP) is 1.40. The number of ether oxygens (including phenoxy) is 1. The van der Waals surface area contributed by atoms with Crippen molar-refractivity contribution in [3.63, 3.8) is 0 Å². The van der Waals surface area contributed by atoms with Crippen molar-refractivity contribution in [2.75, 3.05) is 27.7 Å². The number of hydrogen-bond acceptors (Lipinski definition) is 3. The van der Waals surface area contributed by atoms with Gasteiger partial charge in [0, 0.05) is 33.2 Å². The molecule has 0 aromatic rings. The number of carbonyl (C=O) groups excluding carboxylic acids is 1. The Balaban J connectivity index is 2.02. The van der Waals surface area contributed by atoms with Gasteiger partial charge in [0.05, 0.1) is 6.10 Å². The van der Waals surface area contributed by atoms with Crippen LogP contribution in [0.1, 0.15) is 38.5 Å². The molecule has 0 unspecified atom stereocenters. The van der Waals surface area contributed by atoms with Gasteiger partial charge in [0.25, 0.3) is 0 Å². The highest BCUT2D eigenvalue weighted by atomic mass is 16.5. The molecule has 0 atom stereocenters. The van der Waals surface area contributed by atoms with Crippen LogP contribution in [0.5, 0.6) is 0 Å². The monoisotopic (exact) mass is 242 g/mol. The number of rotatable bonds is 6. The maximum atomic E-state index is 11.3. The Morgan fingerprint density at radius 3 is 2.47 bits per heavy atom. The fraction of sp³-hybridized carbons (Fsp3) is 0.923. The highest BCUT2D eigenvalue weighted by molar-refractivity contribution is 5.75. The summed E-state index contributed by atoms with van der Waals surface area (Å²) in [5.41, 5.74) is 0. The first-order chi connectivity index (χ1) is 8.13. The molecular formula is C13H26N2O2. The average molecular weight is 242 g/mol. The van der Waals surface area contributed by atoms with E-state index < -0.39 is 0 Å². The SMILES string of the molecule is CNC1CCC(OCCCC(=O)N(C)C)CC1. The van der Waals surface area contributed by atoms with Crippen molar-refractivity contribution in [1.29, 1.82) is 0 Å². The van der Waals surface area contributed by atoms with Crippen LogP contribution >= 0.6 is 0 Å². The summed E-state index contributed by atoms with van der Waals surface area (Å²) in [5, 5.41) is 3.31. The summed E-state index contributed by atoms with van der Waals surface area (Å²) in [7, 11) is 5.61. The molecule has 17 heavy (non-hydrogen) atoms. The Kier molecular flexibility index (Phi) is 6.52. The van der Waals surface area contributed by atoms with Gasteiger partial charge < -0.3 is 15.0 Å². The molecule has 1 amide bonds. The number of nitrogens with zero attached hydrogens (tertiary/aromatic N) is 1. The van der Waals surface area contributed by atoms with Gasteiger partial charge in [0.2, 0.25) is 5.91 Å². The third kappa shape index (κ3) is 5.50. The highest BCUT2D eigenvalue weighted by Gasteiger charge is 2.20. The van der Waals surface area contributed by atoms with Crippen LogP contribution in [0.25, 0.3) is 0 Å². The van der Waals surface area contributed by atoms with E-state index in [1.165, 1.54) is 12.8 Å². The molecule has 1 aliphatic rings. The smallest absolute Gasteiger partial charge is 0.222 e. The molecule has 1 fully saturated rings. The Bertz CT molecular complexity index is 223. The lowest BCUT2D eigenvalue weighted by Gasteiger charge is -2.28. The fourth-order valence-corrected chi connectivity index (χ4v) is 2.22. The van der Waals surface area contributed by atoms with Gasteiger partial charge in [-0.2, -0.15) is 0 Å². The summed E-state index contributed by atoms with van der Waals surface area (Å²) in [6, 6.07) is 0.671. The zero-order valence-corrected chi connectivity index (χ0v) is 11.4. The summed E-state index contributed by atoms with van der Waals surface area (Å²) in [5.74, 6) is 0.187. The third-order valence-corrected chi connectivity index (χ3v) is 3.47. The zero-order chi connectivity index (χ0) is 12.7. The summed E-state index contributed by atoms with van der Waals surface area (Å²) in [4.78, 5) is 13.0. The fourth-order valence-electron chi connectivity index (χ4n) is 2.22. The van der Waals surface area contributed by atoms with Crippen LogP contribution in [0.15, 0.2) is 0 Å². The molecule has 0 spiro atoms. The lowest BCUT2D eigenvalue weighted by Crippen LogP contribution is -2.33. The maximum Gasteiger partial charge on any atom is 0.222 e. The Morgan fingerprint density at radius 1 is 1.29 bits per heavy atom. The lowest BCUT2D eigenvalue weighted by atomic mass is 9.93. The minimum atomic E-state index is 0.187. The molecule has 0 bridgehead atoms. The molecule has 0 aromatic carbocycles. The summed E-state index contributed by atoms with van der Waals surface area (Å²) < 4.78 is 5.81. The minimum absolute atomic E-state index is 0.187. The summed E-state index contributed by atoms with van der Waals surface area (Å²) >= 11 is 0. The van der Waals surface area contributed by atoms with E-state index in [0.717, 1.165) is 19.3 Å². The summed E-state index contributed by atoms with van der Waals surface area (Å²) in [6.07, 6.45) is 6.55. The number of hydrogen-bond donors (Lipinski definition) is 1. The molecule has 1 N–H and O–H groups in total. The normalized spacial score (nSPS) is 24.6. The Morgan fingerprint density at radius 2 is 1.94 bits per heavy atom. The second kappa shape index (κ2) is 7.67. The van der Waals surface area contributed by atoms with Crippen LogP contribution in [-0.2, 0) is 9.53 Å². The van der Waals surface area contributed by atoms with Crippen LogP contribution in [0.4, 0.5) is 0 Å². The quantitative estimate of drug-likeness (QED) is 0.716. The van der Waals surface area contributed by atoms with Gasteiger partial charge >= 0.3 is 0 Å². The molecular weight excluding hydrogens is 216 g/mol. The van der Waals surface area contributed by atoms with E-state index >= 15 is 0 Å². The van der Waals surface area contributed by atoms with Gasteiger partial charge in [0.15, 0.2) is 0 Å². The maximum absolute atomic E-state index is 11.3. The van der Waals surface area contributed by atoms with Crippen LogP contribution in [-0.4, -0.2) is 50.7 Å². The standard InChI is InChI=1S/C13H26N2O2/c1-14-11-6-8-12(9-7-11)17-10-4-5-13(16)15(2)3/h11-12,14H,4-10H2,1-3H3. The highest BCUT2D eigenvalue weighted by Crippen LogP contribution is 2.21. The molecule has 0 aliphatic heterocycles. The first kappa shape index (κ1) is 14.5. The number of amides is 1. The van der Waals surface area contributed by atoms with Crippen molar-refractivity contribution in [1.82, 2.24) is 10.2 Å². The summed E-state index contributed by atoms with van der Waals surface area (Å²) in [6.45, 7) is 0.717. The van der Waals surface area contributed by atoms with Crippen LogP contribution in [0.2, 0.25) is 0 Å². The lowest BCUT2D eigenvalue weighted by molar-refractivity contribution is -0.129. The van der Waals surface area contributed by atoms with Gasteiger partial charge in [-0.05, 0) is 39.2 Å². The minimum Gasteiger partial charge on any atom is -0.378 e. The molecule has 1 aliphatic carbocycles. The predicted molar refractivity (Wildman–Crippen MR) is 69.0 cm³/mol. The van der Waals surface area contributed by atoms with Gasteiger partial charge in [-0.3, -0.25) is 4.79 Å². The van der Waals surface area contributed by atoms with E-state index in [9.17, 15) is 4.79 Å². The van der Waals surface area contributed by atoms with Crippen LogP contribution in [0, 0.1) is 0 Å². The van der Waals surface area contributed by atoms with E-state index in [-0.39, 0.29) is 5.91 Å². The van der Waals surface area contributed by atoms with Crippen LogP contribution < -0.4 is 5.32 Å². The first-order valence-corrected chi connectivity index (χ1v) is 6.62. The molecule has 4 nitrogen and oxygen atoms in total. The molecule has 1 rings (SSSR count). The Labute approximate surface area is 105 Å². The van der Waals surface area contributed by atoms with Crippen molar-refractivity contribution in [3.8, 4) is 0 Å². The van der Waals surface area contributed by atoms with Crippen molar-refractivity contribution in [2.45, 2.75) is 50.7 Å². The van der Waals surface area contributed by atoms with E-state index in [2.05, 4.69) is 5.32 Å².